The number of methoxy groups -OCH3 is 2. The third-order valence-corrected chi connectivity index (χ3v) is 5.12. The molecule has 174 valence electrons. The highest BCUT2D eigenvalue weighted by Gasteiger charge is 2.36. The molecule has 0 bridgehead atoms. The summed E-state index contributed by atoms with van der Waals surface area (Å²) in [5.41, 5.74) is 1.20. The summed E-state index contributed by atoms with van der Waals surface area (Å²) in [5.74, 6) is -0.353. The number of amides is 4. The Morgan fingerprint density at radius 1 is 0.818 bits per heavy atom. The summed E-state index contributed by atoms with van der Waals surface area (Å²) in [6.07, 6.45) is 0. The van der Waals surface area contributed by atoms with E-state index in [0.717, 1.165) is 0 Å². The average molecular weight is 453 g/mol. The van der Waals surface area contributed by atoms with Crippen LogP contribution in [0, 0.1) is 5.92 Å². The van der Waals surface area contributed by atoms with Crippen molar-refractivity contribution in [2.75, 3.05) is 33.9 Å². The Hall–Kier alpha value is -3.88. The van der Waals surface area contributed by atoms with E-state index in [1.807, 2.05) is 13.8 Å². The Bertz CT molecular complexity index is 1100. The maximum absolute atomic E-state index is 12.6. The van der Waals surface area contributed by atoms with Gasteiger partial charge in [0.25, 0.3) is 23.6 Å². The molecule has 9 heteroatoms. The zero-order chi connectivity index (χ0) is 24.1. The summed E-state index contributed by atoms with van der Waals surface area (Å²) in [7, 11) is 3.00. The maximum atomic E-state index is 12.6. The van der Waals surface area contributed by atoms with Gasteiger partial charge in [-0.25, -0.2) is 0 Å². The summed E-state index contributed by atoms with van der Waals surface area (Å²) in [6, 6.07) is 9.27. The van der Waals surface area contributed by atoms with Gasteiger partial charge in [-0.15, -0.1) is 0 Å². The molecule has 0 saturated carbocycles. The van der Waals surface area contributed by atoms with Gasteiger partial charge in [-0.05, 0) is 42.3 Å². The van der Waals surface area contributed by atoms with Gasteiger partial charge in [-0.1, -0.05) is 13.8 Å². The molecule has 1 aliphatic heterocycles. The van der Waals surface area contributed by atoms with E-state index in [9.17, 15) is 19.2 Å². The lowest BCUT2D eigenvalue weighted by molar-refractivity contribution is 0.0635. The SMILES string of the molecule is COc1ccc(C(=O)NCCNC(=O)c2ccc3c(c2)C(=O)N(CC(C)C)C3=O)cc1OC. The molecule has 0 radical (unpaired) electrons. The van der Waals surface area contributed by atoms with E-state index in [0.29, 0.717) is 29.2 Å². The number of hydrogen-bond acceptors (Lipinski definition) is 6. The van der Waals surface area contributed by atoms with E-state index in [2.05, 4.69) is 10.6 Å². The van der Waals surface area contributed by atoms with Crippen LogP contribution in [-0.2, 0) is 0 Å². The molecule has 0 unspecified atom stereocenters. The molecule has 1 aliphatic rings. The van der Waals surface area contributed by atoms with Gasteiger partial charge in [-0.3, -0.25) is 24.1 Å². The Balaban J connectivity index is 1.55. The first-order valence-corrected chi connectivity index (χ1v) is 10.6. The summed E-state index contributed by atoms with van der Waals surface area (Å²) in [6.45, 7) is 4.55. The second kappa shape index (κ2) is 10.2. The van der Waals surface area contributed by atoms with Gasteiger partial charge in [0, 0.05) is 30.8 Å². The highest BCUT2D eigenvalue weighted by Crippen LogP contribution is 2.27. The minimum absolute atomic E-state index is 0.143. The smallest absolute Gasteiger partial charge is 0.261 e. The van der Waals surface area contributed by atoms with Crippen molar-refractivity contribution in [3.8, 4) is 11.5 Å². The molecule has 1 heterocycles. The van der Waals surface area contributed by atoms with Crippen LogP contribution in [0.1, 0.15) is 55.3 Å². The van der Waals surface area contributed by atoms with Gasteiger partial charge in [0.05, 0.1) is 25.3 Å². The van der Waals surface area contributed by atoms with Crippen molar-refractivity contribution in [2.45, 2.75) is 13.8 Å². The zero-order valence-electron chi connectivity index (χ0n) is 19.1. The van der Waals surface area contributed by atoms with Gasteiger partial charge >= 0.3 is 0 Å². The summed E-state index contributed by atoms with van der Waals surface area (Å²) >= 11 is 0. The first kappa shape index (κ1) is 23.8. The number of rotatable bonds is 9. The Kier molecular flexibility index (Phi) is 7.32. The van der Waals surface area contributed by atoms with Crippen LogP contribution >= 0.6 is 0 Å². The van der Waals surface area contributed by atoms with Crippen molar-refractivity contribution < 1.29 is 28.7 Å². The molecule has 0 saturated heterocycles. The molecular formula is C24H27N3O6. The van der Waals surface area contributed by atoms with Crippen LogP contribution in [0.5, 0.6) is 11.5 Å². The second-order valence-electron chi connectivity index (χ2n) is 7.96. The molecule has 0 spiro atoms. The molecule has 33 heavy (non-hydrogen) atoms. The summed E-state index contributed by atoms with van der Waals surface area (Å²) in [4.78, 5) is 51.1. The number of ether oxygens (including phenoxy) is 2. The molecule has 0 aliphatic carbocycles. The van der Waals surface area contributed by atoms with Crippen molar-refractivity contribution in [1.29, 1.82) is 0 Å². The van der Waals surface area contributed by atoms with Gasteiger partial charge in [0.2, 0.25) is 0 Å². The molecule has 9 nitrogen and oxygen atoms in total. The fourth-order valence-corrected chi connectivity index (χ4v) is 3.50. The predicted octanol–water partition coefficient (Wildman–Crippen LogP) is 2.12. The van der Waals surface area contributed by atoms with Crippen LogP contribution in [0.25, 0.3) is 0 Å². The van der Waals surface area contributed by atoms with Crippen LogP contribution < -0.4 is 20.1 Å². The van der Waals surface area contributed by atoms with Gasteiger partial charge in [-0.2, -0.15) is 0 Å². The predicted molar refractivity (Wildman–Crippen MR) is 121 cm³/mol. The molecular weight excluding hydrogens is 426 g/mol. The topological polar surface area (TPSA) is 114 Å². The lowest BCUT2D eigenvalue weighted by atomic mass is 10.1. The first-order valence-electron chi connectivity index (χ1n) is 10.6. The fraction of sp³-hybridized carbons (Fsp3) is 0.333. The molecule has 2 aromatic carbocycles. The molecule has 2 aromatic rings. The second-order valence-corrected chi connectivity index (χ2v) is 7.96. The number of benzene rings is 2. The van der Waals surface area contributed by atoms with Crippen LogP contribution in [0.15, 0.2) is 36.4 Å². The summed E-state index contributed by atoms with van der Waals surface area (Å²) in [5, 5.41) is 5.42. The lowest BCUT2D eigenvalue weighted by Crippen LogP contribution is -2.34. The minimum atomic E-state index is -0.402. The van der Waals surface area contributed by atoms with E-state index < -0.39 is 5.91 Å². The monoisotopic (exact) mass is 453 g/mol. The quantitative estimate of drug-likeness (QED) is 0.444. The maximum Gasteiger partial charge on any atom is 0.261 e. The van der Waals surface area contributed by atoms with Crippen LogP contribution in [0.2, 0.25) is 0 Å². The van der Waals surface area contributed by atoms with Crippen molar-refractivity contribution in [3.05, 3.63) is 58.7 Å². The molecule has 4 amide bonds. The van der Waals surface area contributed by atoms with Crippen LogP contribution in [0.3, 0.4) is 0 Å². The molecule has 0 fully saturated rings. The van der Waals surface area contributed by atoms with E-state index >= 15 is 0 Å². The van der Waals surface area contributed by atoms with Crippen LogP contribution in [0.4, 0.5) is 0 Å². The minimum Gasteiger partial charge on any atom is -0.493 e. The third-order valence-electron chi connectivity index (χ3n) is 5.12. The van der Waals surface area contributed by atoms with E-state index in [-0.39, 0.29) is 47.9 Å². The number of nitrogens with zero attached hydrogens (tertiary/aromatic N) is 1. The van der Waals surface area contributed by atoms with E-state index in [4.69, 9.17) is 9.47 Å². The van der Waals surface area contributed by atoms with Crippen molar-refractivity contribution >= 4 is 23.6 Å². The van der Waals surface area contributed by atoms with Gasteiger partial charge in [0.1, 0.15) is 0 Å². The van der Waals surface area contributed by atoms with E-state index in [1.165, 1.54) is 37.3 Å². The number of fused-ring (bicyclic) bond motifs is 1. The largest absolute Gasteiger partial charge is 0.493 e. The average Bonchev–Trinajstić information content (AvgIpc) is 3.04. The Morgan fingerprint density at radius 3 is 1.94 bits per heavy atom. The number of carbonyl (C=O) groups is 4. The number of carbonyl (C=O) groups excluding carboxylic acids is 4. The highest BCUT2D eigenvalue weighted by molar-refractivity contribution is 6.22. The Labute approximate surface area is 192 Å². The first-order chi connectivity index (χ1) is 15.8. The van der Waals surface area contributed by atoms with Gasteiger partial charge in [0.15, 0.2) is 11.5 Å². The van der Waals surface area contributed by atoms with Crippen molar-refractivity contribution in [1.82, 2.24) is 15.5 Å². The Morgan fingerprint density at radius 2 is 1.36 bits per heavy atom. The standard InChI is InChI=1S/C24H27N3O6/c1-14(2)13-27-23(30)17-7-5-15(11-18(17)24(27)31)21(28)25-9-10-26-22(29)16-6-8-19(32-3)20(12-16)33-4/h5-8,11-12,14H,9-10,13H2,1-4H3,(H,25,28)(H,26,29). The van der Waals surface area contributed by atoms with Crippen molar-refractivity contribution in [3.63, 3.8) is 0 Å². The van der Waals surface area contributed by atoms with E-state index in [1.54, 1.807) is 18.2 Å². The fourth-order valence-electron chi connectivity index (χ4n) is 3.50. The normalized spacial score (nSPS) is 12.6. The van der Waals surface area contributed by atoms with Gasteiger partial charge < -0.3 is 20.1 Å². The molecule has 2 N–H and O–H groups in total. The molecule has 0 aromatic heterocycles. The third kappa shape index (κ3) is 5.14. The number of nitrogens with one attached hydrogen (secondary N) is 2. The molecule has 0 atom stereocenters. The van der Waals surface area contributed by atoms with Crippen molar-refractivity contribution in [2.24, 2.45) is 5.92 Å². The number of imide groups is 1. The highest BCUT2D eigenvalue weighted by atomic mass is 16.5. The molecule has 3 rings (SSSR count). The summed E-state index contributed by atoms with van der Waals surface area (Å²) < 4.78 is 10.3. The lowest BCUT2D eigenvalue weighted by Gasteiger charge is -2.15. The van der Waals surface area contributed by atoms with Crippen LogP contribution in [-0.4, -0.2) is 62.4 Å². The number of hydrogen-bond donors (Lipinski definition) is 2. The zero-order valence-corrected chi connectivity index (χ0v) is 19.1.